The molecule has 0 radical (unpaired) electrons. The van der Waals surface area contributed by atoms with Crippen LogP contribution >= 0.6 is 11.8 Å². The van der Waals surface area contributed by atoms with Gasteiger partial charge < -0.3 is 5.73 Å². The van der Waals surface area contributed by atoms with Crippen molar-refractivity contribution in [2.75, 3.05) is 7.05 Å². The van der Waals surface area contributed by atoms with E-state index in [1.54, 1.807) is 0 Å². The Morgan fingerprint density at radius 1 is 1.05 bits per heavy atom. The summed E-state index contributed by atoms with van der Waals surface area (Å²) in [6, 6.07) is 9.13. The fourth-order valence-electron chi connectivity index (χ4n) is 2.41. The van der Waals surface area contributed by atoms with Crippen LogP contribution in [0.5, 0.6) is 0 Å². The Bertz CT molecular complexity index is 362. The molecule has 1 saturated carbocycles. The van der Waals surface area contributed by atoms with Crippen LogP contribution in [0.25, 0.3) is 0 Å². The van der Waals surface area contributed by atoms with Gasteiger partial charge in [-0.2, -0.15) is 0 Å². The zero-order chi connectivity index (χ0) is 14.3. The monoisotopic (exact) mass is 279 g/mol. The van der Waals surface area contributed by atoms with Gasteiger partial charge in [0.15, 0.2) is 0 Å². The molecule has 1 aromatic rings. The largest absolute Gasteiger partial charge is 0.333 e. The van der Waals surface area contributed by atoms with Crippen LogP contribution in [0.15, 0.2) is 29.2 Å². The summed E-state index contributed by atoms with van der Waals surface area (Å²) in [5, 5.41) is 0.860. The first-order valence-corrected chi connectivity index (χ1v) is 8.28. The summed E-state index contributed by atoms with van der Waals surface area (Å²) in [6.07, 6.45) is 7.11. The molecular formula is C17H29NS. The Hall–Kier alpha value is -0.470. The summed E-state index contributed by atoms with van der Waals surface area (Å²) in [6.45, 7) is 6.87. The van der Waals surface area contributed by atoms with E-state index in [9.17, 15) is 0 Å². The summed E-state index contributed by atoms with van der Waals surface area (Å²) in [7, 11) is 1.50. The molecule has 0 heterocycles. The Balaban J connectivity index is 0.000000861. The molecule has 2 rings (SSSR count). The van der Waals surface area contributed by atoms with Gasteiger partial charge in [-0.25, -0.2) is 0 Å². The number of benzene rings is 1. The molecule has 1 aromatic carbocycles. The predicted octanol–water partition coefficient (Wildman–Crippen LogP) is 4.98. The van der Waals surface area contributed by atoms with Gasteiger partial charge in [0.25, 0.3) is 0 Å². The molecule has 19 heavy (non-hydrogen) atoms. The lowest BCUT2D eigenvalue weighted by molar-refractivity contribution is 0.516. The molecule has 1 fully saturated rings. The highest BCUT2D eigenvalue weighted by atomic mass is 32.2. The van der Waals surface area contributed by atoms with Crippen molar-refractivity contribution >= 4 is 11.8 Å². The molecule has 1 aliphatic rings. The SMILES string of the molecule is CC(C)(C)c1cccc(SC2CCCCC2)c1.CN. The standard InChI is InChI=1S/C16H24S.CH5N/c1-16(2,3)13-8-7-11-15(12-13)17-14-9-5-4-6-10-14;1-2/h7-8,11-12,14H,4-6,9-10H2,1-3H3;2H2,1H3. The van der Waals surface area contributed by atoms with Gasteiger partial charge in [-0.05, 0) is 43.0 Å². The van der Waals surface area contributed by atoms with Crippen LogP contribution in [0.1, 0.15) is 58.4 Å². The maximum Gasteiger partial charge on any atom is 0.00944 e. The minimum atomic E-state index is 0.267. The van der Waals surface area contributed by atoms with Crippen LogP contribution in [0.2, 0.25) is 0 Å². The van der Waals surface area contributed by atoms with Crippen LogP contribution in [-0.4, -0.2) is 12.3 Å². The molecule has 1 nitrogen and oxygen atoms in total. The van der Waals surface area contributed by atoms with Crippen molar-refractivity contribution in [3.63, 3.8) is 0 Å². The first kappa shape index (κ1) is 16.6. The second-order valence-electron chi connectivity index (χ2n) is 6.16. The fraction of sp³-hybridized carbons (Fsp3) is 0.647. The highest BCUT2D eigenvalue weighted by Gasteiger charge is 2.17. The summed E-state index contributed by atoms with van der Waals surface area (Å²) >= 11 is 2.09. The van der Waals surface area contributed by atoms with E-state index in [1.165, 1.54) is 49.6 Å². The van der Waals surface area contributed by atoms with Gasteiger partial charge >= 0.3 is 0 Å². The molecular weight excluding hydrogens is 250 g/mol. The number of thioether (sulfide) groups is 1. The van der Waals surface area contributed by atoms with E-state index in [0.717, 1.165) is 5.25 Å². The van der Waals surface area contributed by atoms with Crippen LogP contribution in [0.4, 0.5) is 0 Å². The van der Waals surface area contributed by atoms with Gasteiger partial charge in [0.05, 0.1) is 0 Å². The summed E-state index contributed by atoms with van der Waals surface area (Å²) in [5.41, 5.74) is 6.22. The van der Waals surface area contributed by atoms with E-state index in [2.05, 4.69) is 62.5 Å². The van der Waals surface area contributed by atoms with E-state index in [0.29, 0.717) is 0 Å². The highest BCUT2D eigenvalue weighted by molar-refractivity contribution is 8.00. The molecule has 0 aromatic heterocycles. The number of nitrogens with two attached hydrogens (primary N) is 1. The summed E-state index contributed by atoms with van der Waals surface area (Å²) in [5.74, 6) is 0. The third-order valence-corrected chi connectivity index (χ3v) is 4.89. The minimum absolute atomic E-state index is 0.267. The Morgan fingerprint density at radius 2 is 1.68 bits per heavy atom. The maximum absolute atomic E-state index is 4.50. The van der Waals surface area contributed by atoms with Gasteiger partial charge in [-0.1, -0.05) is 52.2 Å². The molecule has 0 amide bonds. The number of hydrogen-bond acceptors (Lipinski definition) is 2. The average Bonchev–Trinajstić information content (AvgIpc) is 2.41. The van der Waals surface area contributed by atoms with Gasteiger partial charge in [0.1, 0.15) is 0 Å². The van der Waals surface area contributed by atoms with E-state index < -0.39 is 0 Å². The van der Waals surface area contributed by atoms with Crippen LogP contribution < -0.4 is 5.73 Å². The molecule has 0 spiro atoms. The van der Waals surface area contributed by atoms with Crippen LogP contribution in [0.3, 0.4) is 0 Å². The second kappa shape index (κ2) is 7.96. The number of rotatable bonds is 2. The number of hydrogen-bond donors (Lipinski definition) is 1. The van der Waals surface area contributed by atoms with E-state index in [-0.39, 0.29) is 5.41 Å². The van der Waals surface area contributed by atoms with Crippen molar-refractivity contribution in [2.24, 2.45) is 5.73 Å². The lowest BCUT2D eigenvalue weighted by atomic mass is 9.87. The molecule has 0 saturated heterocycles. The lowest BCUT2D eigenvalue weighted by Crippen LogP contribution is -2.11. The molecule has 108 valence electrons. The lowest BCUT2D eigenvalue weighted by Gasteiger charge is -2.23. The normalized spacial score (nSPS) is 16.7. The van der Waals surface area contributed by atoms with Crippen molar-refractivity contribution in [1.29, 1.82) is 0 Å². The molecule has 0 unspecified atom stereocenters. The summed E-state index contributed by atoms with van der Waals surface area (Å²) in [4.78, 5) is 1.46. The molecule has 2 heteroatoms. The Kier molecular flexibility index (Phi) is 6.95. The first-order chi connectivity index (χ1) is 9.05. The van der Waals surface area contributed by atoms with Gasteiger partial charge in [-0.15, -0.1) is 11.8 Å². The molecule has 2 N–H and O–H groups in total. The third kappa shape index (κ3) is 5.58. The molecule has 0 bridgehead atoms. The van der Waals surface area contributed by atoms with Crippen molar-refractivity contribution in [1.82, 2.24) is 0 Å². The van der Waals surface area contributed by atoms with E-state index >= 15 is 0 Å². The third-order valence-electron chi connectivity index (χ3n) is 3.56. The van der Waals surface area contributed by atoms with Crippen molar-refractivity contribution in [3.05, 3.63) is 29.8 Å². The zero-order valence-electron chi connectivity index (χ0n) is 12.9. The Morgan fingerprint density at radius 3 is 2.26 bits per heavy atom. The minimum Gasteiger partial charge on any atom is -0.333 e. The van der Waals surface area contributed by atoms with Gasteiger partial charge in [-0.3, -0.25) is 0 Å². The first-order valence-electron chi connectivity index (χ1n) is 7.41. The van der Waals surface area contributed by atoms with E-state index in [1.807, 2.05) is 0 Å². The molecule has 0 aliphatic heterocycles. The van der Waals surface area contributed by atoms with Crippen LogP contribution in [-0.2, 0) is 5.41 Å². The van der Waals surface area contributed by atoms with E-state index in [4.69, 9.17) is 0 Å². The summed E-state index contributed by atoms with van der Waals surface area (Å²) < 4.78 is 0. The fourth-order valence-corrected chi connectivity index (χ4v) is 3.72. The van der Waals surface area contributed by atoms with Crippen molar-refractivity contribution in [2.45, 2.75) is 68.4 Å². The smallest absolute Gasteiger partial charge is 0.00944 e. The zero-order valence-corrected chi connectivity index (χ0v) is 13.7. The Labute approximate surface area is 123 Å². The maximum atomic E-state index is 4.50. The van der Waals surface area contributed by atoms with Crippen molar-refractivity contribution < 1.29 is 0 Å². The van der Waals surface area contributed by atoms with Crippen molar-refractivity contribution in [3.8, 4) is 0 Å². The van der Waals surface area contributed by atoms with Gasteiger partial charge in [0.2, 0.25) is 0 Å². The van der Waals surface area contributed by atoms with Gasteiger partial charge in [0, 0.05) is 10.1 Å². The quantitative estimate of drug-likeness (QED) is 0.826. The second-order valence-corrected chi connectivity index (χ2v) is 7.53. The topological polar surface area (TPSA) is 26.0 Å². The average molecular weight is 279 g/mol. The highest BCUT2D eigenvalue weighted by Crippen LogP contribution is 2.35. The molecule has 1 aliphatic carbocycles. The predicted molar refractivity (Wildman–Crippen MR) is 88.0 cm³/mol. The van der Waals surface area contributed by atoms with Crippen LogP contribution in [0, 0.1) is 0 Å². The molecule has 0 atom stereocenters.